The van der Waals surface area contributed by atoms with Crippen LogP contribution in [0.25, 0.3) is 0 Å². The first-order valence-corrected chi connectivity index (χ1v) is 8.67. The van der Waals surface area contributed by atoms with Gasteiger partial charge in [0.15, 0.2) is 0 Å². The zero-order valence-corrected chi connectivity index (χ0v) is 12.0. The summed E-state index contributed by atoms with van der Waals surface area (Å²) in [4.78, 5) is 0. The van der Waals surface area contributed by atoms with E-state index in [9.17, 15) is 13.5 Å². The first-order chi connectivity index (χ1) is 8.51. The summed E-state index contributed by atoms with van der Waals surface area (Å²) in [6, 6.07) is 0.0975. The van der Waals surface area contributed by atoms with E-state index in [0.29, 0.717) is 0 Å². The van der Waals surface area contributed by atoms with Crippen molar-refractivity contribution < 1.29 is 13.5 Å². The van der Waals surface area contributed by atoms with Gasteiger partial charge in [-0.15, -0.1) is 0 Å². The maximum Gasteiger partial charge on any atom is 0.216 e. The van der Waals surface area contributed by atoms with Crippen molar-refractivity contribution in [1.29, 1.82) is 0 Å². The number of rotatable bonds is 3. The fourth-order valence-electron chi connectivity index (χ4n) is 3.23. The molecular formula is C13H25NO3S. The minimum atomic E-state index is -3.13. The minimum Gasteiger partial charge on any atom is -0.393 e. The molecule has 2 aliphatic rings. The van der Waals surface area contributed by atoms with Crippen molar-refractivity contribution in [2.75, 3.05) is 7.05 Å². The number of aliphatic hydroxyl groups is 1. The maximum atomic E-state index is 12.5. The Morgan fingerprint density at radius 2 is 1.50 bits per heavy atom. The van der Waals surface area contributed by atoms with Crippen molar-refractivity contribution in [3.63, 3.8) is 0 Å². The van der Waals surface area contributed by atoms with Gasteiger partial charge in [0.05, 0.1) is 11.4 Å². The molecule has 0 aliphatic heterocycles. The highest BCUT2D eigenvalue weighted by Gasteiger charge is 2.35. The van der Waals surface area contributed by atoms with Crippen molar-refractivity contribution in [1.82, 2.24) is 4.31 Å². The summed E-state index contributed by atoms with van der Waals surface area (Å²) < 4.78 is 26.7. The van der Waals surface area contributed by atoms with Crippen molar-refractivity contribution in [2.24, 2.45) is 0 Å². The van der Waals surface area contributed by atoms with Gasteiger partial charge < -0.3 is 5.11 Å². The summed E-state index contributed by atoms with van der Waals surface area (Å²) in [5.74, 6) is 0. The minimum absolute atomic E-state index is 0.0975. The normalized spacial score (nSPS) is 31.7. The molecule has 18 heavy (non-hydrogen) atoms. The smallest absolute Gasteiger partial charge is 0.216 e. The van der Waals surface area contributed by atoms with Gasteiger partial charge in [-0.1, -0.05) is 19.3 Å². The molecule has 2 fully saturated rings. The second-order valence-corrected chi connectivity index (χ2v) is 8.06. The first kappa shape index (κ1) is 14.3. The molecule has 0 aromatic carbocycles. The van der Waals surface area contributed by atoms with Crippen molar-refractivity contribution in [3.8, 4) is 0 Å². The molecule has 0 bridgehead atoms. The Labute approximate surface area is 110 Å². The molecule has 5 heteroatoms. The van der Waals surface area contributed by atoms with Crippen LogP contribution in [-0.2, 0) is 10.0 Å². The molecular weight excluding hydrogens is 250 g/mol. The molecule has 0 amide bonds. The van der Waals surface area contributed by atoms with Crippen LogP contribution in [0, 0.1) is 0 Å². The van der Waals surface area contributed by atoms with Crippen molar-refractivity contribution in [2.45, 2.75) is 75.2 Å². The third-order valence-electron chi connectivity index (χ3n) is 4.56. The molecule has 0 heterocycles. The number of hydrogen-bond donors (Lipinski definition) is 1. The lowest BCUT2D eigenvalue weighted by atomic mass is 9.93. The van der Waals surface area contributed by atoms with Gasteiger partial charge in [0, 0.05) is 13.1 Å². The zero-order chi connectivity index (χ0) is 13.2. The van der Waals surface area contributed by atoms with Gasteiger partial charge >= 0.3 is 0 Å². The lowest BCUT2D eigenvalue weighted by Gasteiger charge is -2.35. The average molecular weight is 275 g/mol. The molecule has 0 saturated heterocycles. The van der Waals surface area contributed by atoms with Crippen LogP contribution in [-0.4, -0.2) is 42.3 Å². The fraction of sp³-hybridized carbons (Fsp3) is 1.00. The summed E-state index contributed by atoms with van der Waals surface area (Å²) in [5.41, 5.74) is 0. The molecule has 1 N–H and O–H groups in total. The van der Waals surface area contributed by atoms with Crippen LogP contribution in [0.5, 0.6) is 0 Å². The number of hydrogen-bond acceptors (Lipinski definition) is 3. The van der Waals surface area contributed by atoms with Gasteiger partial charge in [0.1, 0.15) is 0 Å². The topological polar surface area (TPSA) is 57.6 Å². The van der Waals surface area contributed by atoms with Gasteiger partial charge in [-0.3, -0.25) is 0 Å². The fourth-order valence-corrected chi connectivity index (χ4v) is 5.25. The molecule has 0 radical (unpaired) electrons. The Hall–Kier alpha value is -0.130. The standard InChI is InChI=1S/C13H25NO3S/c1-14(11-7-9-12(15)10-8-11)18(16,17)13-5-3-2-4-6-13/h11-13,15H,2-10H2,1H3. The van der Waals surface area contributed by atoms with E-state index in [0.717, 1.165) is 51.4 Å². The second kappa shape index (κ2) is 5.88. The van der Waals surface area contributed by atoms with E-state index in [4.69, 9.17) is 0 Å². The summed E-state index contributed by atoms with van der Waals surface area (Å²) >= 11 is 0. The molecule has 0 unspecified atom stereocenters. The molecule has 0 spiro atoms. The monoisotopic (exact) mass is 275 g/mol. The molecule has 0 aromatic heterocycles. The third-order valence-corrected chi connectivity index (χ3v) is 6.97. The van der Waals surface area contributed by atoms with Crippen LogP contribution < -0.4 is 0 Å². The number of aliphatic hydroxyl groups excluding tert-OH is 1. The van der Waals surface area contributed by atoms with Crippen LogP contribution in [0.4, 0.5) is 0 Å². The van der Waals surface area contributed by atoms with E-state index in [-0.39, 0.29) is 17.4 Å². The van der Waals surface area contributed by atoms with E-state index in [1.165, 1.54) is 6.42 Å². The zero-order valence-electron chi connectivity index (χ0n) is 11.2. The van der Waals surface area contributed by atoms with Crippen LogP contribution >= 0.6 is 0 Å². The highest BCUT2D eigenvalue weighted by Crippen LogP contribution is 2.30. The Kier molecular flexibility index (Phi) is 4.67. The van der Waals surface area contributed by atoms with E-state index >= 15 is 0 Å². The Bertz CT molecular complexity index is 354. The predicted molar refractivity (Wildman–Crippen MR) is 71.8 cm³/mol. The Balaban J connectivity index is 2.00. The van der Waals surface area contributed by atoms with Crippen molar-refractivity contribution >= 4 is 10.0 Å². The Morgan fingerprint density at radius 3 is 2.06 bits per heavy atom. The molecule has 4 nitrogen and oxygen atoms in total. The SMILES string of the molecule is CN(C1CCC(O)CC1)S(=O)(=O)C1CCCCC1. The van der Waals surface area contributed by atoms with Gasteiger partial charge in [-0.2, -0.15) is 0 Å². The van der Waals surface area contributed by atoms with Crippen LogP contribution in [0.1, 0.15) is 57.8 Å². The number of sulfonamides is 1. The molecule has 0 atom stereocenters. The highest BCUT2D eigenvalue weighted by atomic mass is 32.2. The van der Waals surface area contributed by atoms with Gasteiger partial charge in [-0.25, -0.2) is 12.7 Å². The summed E-state index contributed by atoms with van der Waals surface area (Å²) in [6.07, 6.45) is 7.72. The van der Waals surface area contributed by atoms with Gasteiger partial charge in [0.2, 0.25) is 10.0 Å². The van der Waals surface area contributed by atoms with Gasteiger partial charge in [0.25, 0.3) is 0 Å². The summed E-state index contributed by atoms with van der Waals surface area (Å²) in [6.45, 7) is 0. The van der Waals surface area contributed by atoms with Crippen molar-refractivity contribution in [3.05, 3.63) is 0 Å². The lowest BCUT2D eigenvalue weighted by molar-refractivity contribution is 0.104. The highest BCUT2D eigenvalue weighted by molar-refractivity contribution is 7.89. The largest absolute Gasteiger partial charge is 0.393 e. The van der Waals surface area contributed by atoms with Crippen LogP contribution in [0.3, 0.4) is 0 Å². The second-order valence-electron chi connectivity index (χ2n) is 5.78. The molecule has 2 rings (SSSR count). The lowest BCUT2D eigenvalue weighted by Crippen LogP contribution is -2.45. The first-order valence-electron chi connectivity index (χ1n) is 7.16. The molecule has 2 aliphatic carbocycles. The quantitative estimate of drug-likeness (QED) is 0.855. The van der Waals surface area contributed by atoms with E-state index < -0.39 is 10.0 Å². The Morgan fingerprint density at radius 1 is 0.944 bits per heavy atom. The van der Waals surface area contributed by atoms with Gasteiger partial charge in [-0.05, 0) is 38.5 Å². The number of nitrogens with zero attached hydrogens (tertiary/aromatic N) is 1. The van der Waals surface area contributed by atoms with E-state index in [2.05, 4.69) is 0 Å². The predicted octanol–water partition coefficient (Wildman–Crippen LogP) is 1.88. The summed E-state index contributed by atoms with van der Waals surface area (Å²) in [5, 5.41) is 9.33. The molecule has 2 saturated carbocycles. The third kappa shape index (κ3) is 3.06. The van der Waals surface area contributed by atoms with Crippen LogP contribution in [0.15, 0.2) is 0 Å². The van der Waals surface area contributed by atoms with Crippen LogP contribution in [0.2, 0.25) is 0 Å². The molecule has 0 aromatic rings. The van der Waals surface area contributed by atoms with E-state index in [1.54, 1.807) is 11.4 Å². The maximum absolute atomic E-state index is 12.5. The molecule has 106 valence electrons. The average Bonchev–Trinajstić information content (AvgIpc) is 2.40. The summed E-state index contributed by atoms with van der Waals surface area (Å²) in [7, 11) is -1.40. The van der Waals surface area contributed by atoms with E-state index in [1.807, 2.05) is 0 Å².